The van der Waals surface area contributed by atoms with Crippen LogP contribution < -0.4 is 15.2 Å². The lowest BCUT2D eigenvalue weighted by atomic mass is 10.2. The van der Waals surface area contributed by atoms with Gasteiger partial charge in [0.25, 0.3) is 0 Å². The molecule has 1 aromatic carbocycles. The van der Waals surface area contributed by atoms with E-state index < -0.39 is 10.6 Å². The smallest absolute Gasteiger partial charge is 0.373 e. The maximum Gasteiger partial charge on any atom is 0.373 e. The van der Waals surface area contributed by atoms with Crippen LogP contribution >= 0.6 is 11.8 Å². The van der Waals surface area contributed by atoms with Gasteiger partial charge in [0, 0.05) is 6.07 Å². The molecule has 10 heteroatoms. The zero-order valence-electron chi connectivity index (χ0n) is 12.1. The van der Waals surface area contributed by atoms with E-state index in [9.17, 15) is 10.1 Å². The minimum Gasteiger partial charge on any atom is -0.493 e. The first-order valence-electron chi connectivity index (χ1n) is 6.12. The van der Waals surface area contributed by atoms with Crippen LogP contribution in [0, 0.1) is 21.4 Å². The molecule has 118 valence electrons. The summed E-state index contributed by atoms with van der Waals surface area (Å²) >= 11 is 1.16. The SMILES string of the molecule is COc1ccc(C#N)cc1Oc1nc(SC)nc(N)c1[N+](=O)[O-]. The molecule has 0 aliphatic carbocycles. The van der Waals surface area contributed by atoms with Gasteiger partial charge in [-0.2, -0.15) is 15.2 Å². The lowest BCUT2D eigenvalue weighted by Crippen LogP contribution is -2.05. The van der Waals surface area contributed by atoms with Gasteiger partial charge in [-0.15, -0.1) is 0 Å². The number of nitro groups is 1. The maximum atomic E-state index is 11.2. The summed E-state index contributed by atoms with van der Waals surface area (Å²) in [5.74, 6) is -0.221. The fourth-order valence-electron chi connectivity index (χ4n) is 1.69. The molecule has 2 N–H and O–H groups in total. The van der Waals surface area contributed by atoms with Crippen molar-refractivity contribution in [2.45, 2.75) is 5.16 Å². The number of hydrogen-bond donors (Lipinski definition) is 1. The quantitative estimate of drug-likeness (QED) is 0.378. The molecule has 1 heterocycles. The predicted molar refractivity (Wildman–Crippen MR) is 82.7 cm³/mol. The van der Waals surface area contributed by atoms with Crippen molar-refractivity contribution in [3.63, 3.8) is 0 Å². The van der Waals surface area contributed by atoms with Crippen molar-refractivity contribution in [2.75, 3.05) is 19.1 Å². The van der Waals surface area contributed by atoms with Crippen LogP contribution in [-0.2, 0) is 0 Å². The monoisotopic (exact) mass is 333 g/mol. The lowest BCUT2D eigenvalue weighted by molar-refractivity contribution is -0.385. The van der Waals surface area contributed by atoms with E-state index >= 15 is 0 Å². The summed E-state index contributed by atoms with van der Waals surface area (Å²) in [5, 5.41) is 20.4. The van der Waals surface area contributed by atoms with E-state index in [0.717, 1.165) is 11.8 Å². The standard InChI is InChI=1S/C13H11N5O4S/c1-21-8-4-3-7(6-14)5-9(8)22-12-10(18(19)20)11(15)16-13(17-12)23-2/h3-5H,1-2H3,(H2,15,16,17). The molecule has 2 aromatic rings. The van der Waals surface area contributed by atoms with E-state index in [1.54, 1.807) is 6.26 Å². The highest BCUT2D eigenvalue weighted by Gasteiger charge is 2.26. The van der Waals surface area contributed by atoms with Gasteiger partial charge in [-0.05, 0) is 18.4 Å². The number of hydrogen-bond acceptors (Lipinski definition) is 9. The summed E-state index contributed by atoms with van der Waals surface area (Å²) in [4.78, 5) is 18.2. The number of ether oxygens (including phenoxy) is 2. The second-order valence-corrected chi connectivity index (χ2v) is 4.86. The molecule has 0 saturated carbocycles. The predicted octanol–water partition coefficient (Wildman–Crippen LogP) is 2.36. The summed E-state index contributed by atoms with van der Waals surface area (Å²) < 4.78 is 10.6. The third-order valence-electron chi connectivity index (χ3n) is 2.72. The van der Waals surface area contributed by atoms with Crippen molar-refractivity contribution >= 4 is 23.3 Å². The van der Waals surface area contributed by atoms with Crippen LogP contribution in [0.25, 0.3) is 0 Å². The van der Waals surface area contributed by atoms with Gasteiger partial charge in [0.15, 0.2) is 16.7 Å². The Balaban J connectivity index is 2.57. The Morgan fingerprint density at radius 3 is 2.70 bits per heavy atom. The largest absolute Gasteiger partial charge is 0.493 e. The summed E-state index contributed by atoms with van der Waals surface area (Å²) in [6.07, 6.45) is 1.70. The average molecular weight is 333 g/mol. The van der Waals surface area contributed by atoms with Crippen LogP contribution in [0.1, 0.15) is 5.56 Å². The van der Waals surface area contributed by atoms with E-state index in [1.807, 2.05) is 6.07 Å². The molecule has 0 radical (unpaired) electrons. The number of methoxy groups -OCH3 is 1. The Labute approximate surface area is 135 Å². The van der Waals surface area contributed by atoms with Gasteiger partial charge >= 0.3 is 11.6 Å². The van der Waals surface area contributed by atoms with Crippen molar-refractivity contribution in [3.05, 3.63) is 33.9 Å². The number of nitrogens with zero attached hydrogens (tertiary/aromatic N) is 4. The Morgan fingerprint density at radius 1 is 1.39 bits per heavy atom. The second kappa shape index (κ2) is 6.80. The second-order valence-electron chi connectivity index (χ2n) is 4.09. The Morgan fingerprint density at radius 2 is 2.13 bits per heavy atom. The third-order valence-corrected chi connectivity index (χ3v) is 3.27. The molecule has 0 aliphatic heterocycles. The number of anilines is 1. The Bertz CT molecular complexity index is 806. The van der Waals surface area contributed by atoms with E-state index in [-0.39, 0.29) is 22.6 Å². The van der Waals surface area contributed by atoms with Crippen LogP contribution in [0.3, 0.4) is 0 Å². The number of rotatable bonds is 5. The molecule has 23 heavy (non-hydrogen) atoms. The van der Waals surface area contributed by atoms with Crippen molar-refractivity contribution in [3.8, 4) is 23.4 Å². The van der Waals surface area contributed by atoms with Gasteiger partial charge in [0.05, 0.1) is 23.7 Å². The van der Waals surface area contributed by atoms with Crippen LogP contribution in [0.4, 0.5) is 11.5 Å². The van der Waals surface area contributed by atoms with Gasteiger partial charge in [-0.25, -0.2) is 0 Å². The summed E-state index contributed by atoms with van der Waals surface area (Å²) in [6, 6.07) is 6.38. The fourth-order valence-corrected chi connectivity index (χ4v) is 2.06. The molecule has 1 aromatic heterocycles. The van der Waals surface area contributed by atoms with Crippen molar-refractivity contribution in [2.24, 2.45) is 0 Å². The molecule has 0 aliphatic rings. The summed E-state index contributed by atoms with van der Waals surface area (Å²) in [7, 11) is 1.41. The first-order chi connectivity index (χ1) is 11.0. The molecule has 0 amide bonds. The number of nitrogens with two attached hydrogens (primary N) is 1. The maximum absolute atomic E-state index is 11.2. The molecule has 0 saturated heterocycles. The van der Waals surface area contributed by atoms with Crippen LogP contribution in [-0.4, -0.2) is 28.3 Å². The molecule has 0 atom stereocenters. The average Bonchev–Trinajstić information content (AvgIpc) is 2.53. The zero-order chi connectivity index (χ0) is 17.0. The minimum absolute atomic E-state index is 0.111. The molecular formula is C13H11N5O4S. The van der Waals surface area contributed by atoms with Gasteiger partial charge in [0.1, 0.15) is 0 Å². The van der Waals surface area contributed by atoms with Crippen LogP contribution in [0.5, 0.6) is 17.4 Å². The Kier molecular flexibility index (Phi) is 4.82. The van der Waals surface area contributed by atoms with E-state index in [2.05, 4.69) is 9.97 Å². The van der Waals surface area contributed by atoms with Crippen LogP contribution in [0.15, 0.2) is 23.4 Å². The fraction of sp³-hybridized carbons (Fsp3) is 0.154. The third kappa shape index (κ3) is 3.41. The number of nitriles is 1. The van der Waals surface area contributed by atoms with Crippen LogP contribution in [0.2, 0.25) is 0 Å². The summed E-state index contributed by atoms with van der Waals surface area (Å²) in [5.41, 5.74) is 5.36. The topological polar surface area (TPSA) is 137 Å². The molecule has 0 unspecified atom stereocenters. The number of benzene rings is 1. The lowest BCUT2D eigenvalue weighted by Gasteiger charge is -2.11. The highest BCUT2D eigenvalue weighted by atomic mass is 32.2. The normalized spacial score (nSPS) is 9.96. The van der Waals surface area contributed by atoms with Gasteiger partial charge in [-0.1, -0.05) is 11.8 Å². The molecule has 0 fully saturated rings. The van der Waals surface area contributed by atoms with Gasteiger partial charge in [0.2, 0.25) is 5.82 Å². The molecule has 0 bridgehead atoms. The Hall–Kier alpha value is -3.06. The highest BCUT2D eigenvalue weighted by molar-refractivity contribution is 7.98. The molecule has 2 rings (SSSR count). The zero-order valence-corrected chi connectivity index (χ0v) is 13.0. The summed E-state index contributed by atoms with van der Waals surface area (Å²) in [6.45, 7) is 0. The minimum atomic E-state index is -0.727. The van der Waals surface area contributed by atoms with Crippen molar-refractivity contribution in [1.29, 1.82) is 5.26 Å². The van der Waals surface area contributed by atoms with E-state index in [1.165, 1.54) is 25.3 Å². The number of nitrogen functional groups attached to an aromatic ring is 1. The number of aromatic nitrogens is 2. The highest BCUT2D eigenvalue weighted by Crippen LogP contribution is 2.38. The van der Waals surface area contributed by atoms with Gasteiger partial charge in [-0.3, -0.25) is 10.1 Å². The van der Waals surface area contributed by atoms with E-state index in [4.69, 9.17) is 20.5 Å². The van der Waals surface area contributed by atoms with Gasteiger partial charge < -0.3 is 15.2 Å². The molecular weight excluding hydrogens is 322 g/mol. The first-order valence-corrected chi connectivity index (χ1v) is 7.34. The number of thioether (sulfide) groups is 1. The molecule has 0 spiro atoms. The van der Waals surface area contributed by atoms with Crippen molar-refractivity contribution < 1.29 is 14.4 Å². The first kappa shape index (κ1) is 16.3. The van der Waals surface area contributed by atoms with Crippen molar-refractivity contribution in [1.82, 2.24) is 9.97 Å². The molecule has 9 nitrogen and oxygen atoms in total. The van der Waals surface area contributed by atoms with E-state index in [0.29, 0.717) is 11.3 Å².